The number of rotatable bonds is 8. The van der Waals surface area contributed by atoms with Crippen molar-refractivity contribution in [2.24, 2.45) is 11.1 Å². The van der Waals surface area contributed by atoms with Gasteiger partial charge >= 0.3 is 0 Å². The number of anilines is 1. The molecule has 30 heavy (non-hydrogen) atoms. The molecule has 1 aromatic heterocycles. The molecule has 0 radical (unpaired) electrons. The second-order valence-electron chi connectivity index (χ2n) is 7.18. The van der Waals surface area contributed by atoms with Crippen molar-refractivity contribution in [3.63, 3.8) is 0 Å². The van der Waals surface area contributed by atoms with Crippen LogP contribution in [0.5, 0.6) is 0 Å². The highest BCUT2D eigenvalue weighted by Crippen LogP contribution is 2.34. The van der Waals surface area contributed by atoms with Crippen LogP contribution in [0.2, 0.25) is 0 Å². The summed E-state index contributed by atoms with van der Waals surface area (Å²) in [5, 5.41) is 7.85. The highest BCUT2D eigenvalue weighted by Gasteiger charge is 2.32. The molecule has 0 unspecified atom stereocenters. The first-order chi connectivity index (χ1) is 13.9. The molecule has 0 atom stereocenters. The molecule has 166 valence electrons. The number of primary sulfonamides is 1. The Bertz CT molecular complexity index is 1230. The molecule has 0 spiro atoms. The molecule has 0 bridgehead atoms. The Morgan fingerprint density at radius 1 is 1.03 bits per heavy atom. The molecule has 1 fully saturated rings. The van der Waals surface area contributed by atoms with Crippen LogP contribution < -0.4 is 10.5 Å². The standard InChI is InChI=1S/C17H22N2O8S3/c18-29(22,23)17-9-15(30(24,25)26)14(19-10-13-6-3-7-27-13)8-16(17)28(20,21)11-12-4-1-2-5-12/h3,6-9,12,19H,1-2,4-5,10-11H2,(H2,18,22,23)(H,24,25,26). The first-order valence-electron chi connectivity index (χ1n) is 9.05. The van der Waals surface area contributed by atoms with Gasteiger partial charge in [-0.1, -0.05) is 12.8 Å². The summed E-state index contributed by atoms with van der Waals surface area (Å²) in [5.74, 6) is 0.00419. The van der Waals surface area contributed by atoms with E-state index in [1.807, 2.05) is 0 Å². The maximum absolute atomic E-state index is 13.0. The van der Waals surface area contributed by atoms with Crippen LogP contribution in [0, 0.1) is 5.92 Å². The molecule has 1 aliphatic rings. The van der Waals surface area contributed by atoms with Crippen LogP contribution in [0.25, 0.3) is 0 Å². The number of benzene rings is 1. The van der Waals surface area contributed by atoms with Crippen molar-refractivity contribution in [2.75, 3.05) is 11.1 Å². The molecule has 3 rings (SSSR count). The second-order valence-corrected chi connectivity index (χ2v) is 12.1. The van der Waals surface area contributed by atoms with Crippen LogP contribution in [0.4, 0.5) is 5.69 Å². The summed E-state index contributed by atoms with van der Waals surface area (Å²) in [4.78, 5) is -2.29. The van der Waals surface area contributed by atoms with Crippen LogP contribution in [-0.2, 0) is 36.5 Å². The van der Waals surface area contributed by atoms with Gasteiger partial charge in [-0.05, 0) is 43.0 Å². The lowest BCUT2D eigenvalue weighted by molar-refractivity contribution is 0.482. The second kappa shape index (κ2) is 8.30. The van der Waals surface area contributed by atoms with Gasteiger partial charge in [-0.25, -0.2) is 22.0 Å². The third-order valence-corrected chi connectivity index (χ3v) is 8.82. The molecule has 0 aliphatic heterocycles. The van der Waals surface area contributed by atoms with Gasteiger partial charge in [-0.15, -0.1) is 0 Å². The Hall–Kier alpha value is -1.93. The predicted molar refractivity (Wildman–Crippen MR) is 108 cm³/mol. The molecule has 1 aliphatic carbocycles. The molecule has 0 amide bonds. The van der Waals surface area contributed by atoms with Gasteiger partial charge in [-0.3, -0.25) is 4.55 Å². The van der Waals surface area contributed by atoms with Crippen molar-refractivity contribution in [2.45, 2.75) is 46.9 Å². The van der Waals surface area contributed by atoms with Crippen molar-refractivity contribution < 1.29 is 34.2 Å². The average molecular weight is 479 g/mol. The topological polar surface area (TPSA) is 174 Å². The van der Waals surface area contributed by atoms with E-state index in [1.54, 1.807) is 12.1 Å². The average Bonchev–Trinajstić information content (AvgIpc) is 3.31. The lowest BCUT2D eigenvalue weighted by Crippen LogP contribution is -2.22. The molecular formula is C17H22N2O8S3. The fourth-order valence-electron chi connectivity index (χ4n) is 3.53. The van der Waals surface area contributed by atoms with Crippen LogP contribution in [0.3, 0.4) is 0 Å². The lowest BCUT2D eigenvalue weighted by atomic mass is 10.1. The van der Waals surface area contributed by atoms with E-state index >= 15 is 0 Å². The smallest absolute Gasteiger partial charge is 0.296 e. The zero-order valence-corrected chi connectivity index (χ0v) is 18.3. The Morgan fingerprint density at radius 3 is 2.23 bits per heavy atom. The van der Waals surface area contributed by atoms with Crippen molar-refractivity contribution >= 4 is 35.7 Å². The van der Waals surface area contributed by atoms with Crippen molar-refractivity contribution in [3.8, 4) is 0 Å². The van der Waals surface area contributed by atoms with Crippen molar-refractivity contribution in [3.05, 3.63) is 36.3 Å². The zero-order chi connectivity index (χ0) is 22.2. The fourth-order valence-corrected chi connectivity index (χ4v) is 7.43. The Kier molecular flexibility index (Phi) is 6.30. The van der Waals surface area contributed by atoms with E-state index in [1.165, 1.54) is 6.26 Å². The quantitative estimate of drug-likeness (QED) is 0.477. The molecule has 4 N–H and O–H groups in total. The van der Waals surface area contributed by atoms with Gasteiger partial charge in [0.05, 0.1) is 29.1 Å². The van der Waals surface area contributed by atoms with Gasteiger partial charge in [0.25, 0.3) is 10.1 Å². The maximum Gasteiger partial charge on any atom is 0.296 e. The minimum atomic E-state index is -4.90. The van der Waals surface area contributed by atoms with Gasteiger partial charge in [0, 0.05) is 0 Å². The van der Waals surface area contributed by atoms with E-state index in [0.717, 1.165) is 18.9 Å². The largest absolute Gasteiger partial charge is 0.467 e. The molecule has 1 aromatic carbocycles. The van der Waals surface area contributed by atoms with E-state index < -0.39 is 44.7 Å². The normalized spacial score (nSPS) is 16.1. The minimum absolute atomic E-state index is 0.0354. The molecular weight excluding hydrogens is 456 g/mol. The van der Waals surface area contributed by atoms with Crippen LogP contribution in [-0.4, -0.2) is 35.6 Å². The van der Waals surface area contributed by atoms with E-state index in [9.17, 15) is 29.8 Å². The highest BCUT2D eigenvalue weighted by molar-refractivity contribution is 7.93. The van der Waals surface area contributed by atoms with Gasteiger partial charge in [0.15, 0.2) is 9.84 Å². The summed E-state index contributed by atoms with van der Waals surface area (Å²) in [6, 6.07) is 4.64. The van der Waals surface area contributed by atoms with E-state index in [2.05, 4.69) is 5.32 Å². The molecule has 10 nitrogen and oxygen atoms in total. The molecule has 0 saturated heterocycles. The Morgan fingerprint density at radius 2 is 1.70 bits per heavy atom. The number of nitrogens with one attached hydrogen (secondary N) is 1. The summed E-state index contributed by atoms with van der Waals surface area (Å²) in [6.45, 7) is -0.0354. The third-order valence-electron chi connectivity index (χ3n) is 4.93. The first-order valence-corrected chi connectivity index (χ1v) is 13.7. The monoisotopic (exact) mass is 478 g/mol. The SMILES string of the molecule is NS(=O)(=O)c1cc(S(=O)(=O)O)c(NCc2ccco2)cc1S(=O)(=O)CC1CCCC1. The first kappa shape index (κ1) is 22.7. The molecule has 1 saturated carbocycles. The fraction of sp³-hybridized carbons (Fsp3) is 0.412. The molecule has 13 heteroatoms. The summed E-state index contributed by atoms with van der Waals surface area (Å²) in [7, 11) is -13.6. The molecule has 1 heterocycles. The van der Waals surface area contributed by atoms with Gasteiger partial charge in [0.2, 0.25) is 10.0 Å². The van der Waals surface area contributed by atoms with E-state index in [4.69, 9.17) is 9.56 Å². The number of sulfone groups is 1. The van der Waals surface area contributed by atoms with Gasteiger partial charge < -0.3 is 9.73 Å². The lowest BCUT2D eigenvalue weighted by Gasteiger charge is -2.17. The highest BCUT2D eigenvalue weighted by atomic mass is 32.2. The maximum atomic E-state index is 13.0. The van der Waals surface area contributed by atoms with E-state index in [0.29, 0.717) is 24.7 Å². The third kappa shape index (κ3) is 5.21. The summed E-state index contributed by atoms with van der Waals surface area (Å²) >= 11 is 0. The zero-order valence-electron chi connectivity index (χ0n) is 15.8. The van der Waals surface area contributed by atoms with Crippen LogP contribution >= 0.6 is 0 Å². The summed E-state index contributed by atoms with van der Waals surface area (Å²) in [5.41, 5.74) is -0.286. The number of hydrogen-bond donors (Lipinski definition) is 3. The minimum Gasteiger partial charge on any atom is -0.467 e. The van der Waals surface area contributed by atoms with Gasteiger partial charge in [-0.2, -0.15) is 8.42 Å². The number of hydrogen-bond acceptors (Lipinski definition) is 8. The van der Waals surface area contributed by atoms with E-state index in [-0.39, 0.29) is 23.9 Å². The predicted octanol–water partition coefficient (Wildman–Crippen LogP) is 1.75. The Balaban J connectivity index is 2.14. The van der Waals surface area contributed by atoms with Crippen molar-refractivity contribution in [1.29, 1.82) is 0 Å². The number of furan rings is 1. The summed E-state index contributed by atoms with van der Waals surface area (Å²) in [6.07, 6.45) is 4.58. The number of sulfonamides is 1. The van der Waals surface area contributed by atoms with Crippen LogP contribution in [0.1, 0.15) is 31.4 Å². The van der Waals surface area contributed by atoms with Crippen LogP contribution in [0.15, 0.2) is 49.6 Å². The molecule has 2 aromatic rings. The summed E-state index contributed by atoms with van der Waals surface area (Å²) < 4.78 is 88.6. The van der Waals surface area contributed by atoms with Gasteiger partial charge in [0.1, 0.15) is 15.6 Å². The Labute approximate surface area is 175 Å². The number of nitrogens with two attached hydrogens (primary N) is 1. The van der Waals surface area contributed by atoms with Crippen molar-refractivity contribution in [1.82, 2.24) is 0 Å².